The molecule has 156 valence electrons. The summed E-state index contributed by atoms with van der Waals surface area (Å²) in [5, 5.41) is 4.84. The number of aromatic nitrogens is 1. The maximum absolute atomic E-state index is 12.3. The molecule has 0 aliphatic heterocycles. The third kappa shape index (κ3) is 4.92. The second kappa shape index (κ2) is 9.63. The molecule has 1 heterocycles. The molecule has 3 rings (SSSR count). The fraction of sp³-hybridized carbons (Fsp3) is 0.250. The molecule has 6 heteroatoms. The predicted octanol–water partition coefficient (Wildman–Crippen LogP) is 5.61. The van der Waals surface area contributed by atoms with Crippen LogP contribution < -0.4 is 10.2 Å². The molecule has 0 saturated carbocycles. The van der Waals surface area contributed by atoms with Crippen LogP contribution in [0.25, 0.3) is 5.69 Å². The largest absolute Gasteiger partial charge is 0.494 e. The Kier molecular flexibility index (Phi) is 6.95. The van der Waals surface area contributed by atoms with Gasteiger partial charge in [0.1, 0.15) is 5.75 Å². The van der Waals surface area contributed by atoms with Gasteiger partial charge >= 0.3 is 0 Å². The molecule has 1 amide bonds. The molecule has 0 bridgehead atoms. The Hall–Kier alpha value is -3.05. The fourth-order valence-corrected chi connectivity index (χ4v) is 3.43. The molecule has 3 aromatic rings. The summed E-state index contributed by atoms with van der Waals surface area (Å²) in [6.45, 7) is 8.81. The standard InChI is InChI=1S/C24H26ClN3O2/c1-5-12-30-22-10-7-19(8-11-22)24(29)27-26-15-20-13-17(3)28(18(20)4)23-14-21(25)9-6-16(23)2/h6-11,13-15H,5,12H2,1-4H3,(H,27,29)/b26-15+. The first-order chi connectivity index (χ1) is 14.4. The van der Waals surface area contributed by atoms with Crippen LogP contribution in [0.5, 0.6) is 5.75 Å². The van der Waals surface area contributed by atoms with Gasteiger partial charge in [-0.3, -0.25) is 4.79 Å². The second-order valence-electron chi connectivity index (χ2n) is 7.16. The van der Waals surface area contributed by atoms with Crippen LogP contribution in [-0.4, -0.2) is 23.3 Å². The quantitative estimate of drug-likeness (QED) is 0.396. The minimum absolute atomic E-state index is 0.271. The van der Waals surface area contributed by atoms with Crippen LogP contribution in [0.3, 0.4) is 0 Å². The number of carbonyl (C=O) groups excluding carboxylic acids is 1. The van der Waals surface area contributed by atoms with E-state index in [1.165, 1.54) is 0 Å². The molecule has 0 unspecified atom stereocenters. The zero-order valence-corrected chi connectivity index (χ0v) is 18.5. The van der Waals surface area contributed by atoms with Crippen LogP contribution in [0.2, 0.25) is 5.02 Å². The van der Waals surface area contributed by atoms with E-state index in [0.29, 0.717) is 17.2 Å². The molecular formula is C24H26ClN3O2. The van der Waals surface area contributed by atoms with Gasteiger partial charge < -0.3 is 9.30 Å². The maximum atomic E-state index is 12.3. The van der Waals surface area contributed by atoms with Gasteiger partial charge in [-0.1, -0.05) is 24.6 Å². The van der Waals surface area contributed by atoms with Gasteiger partial charge in [-0.15, -0.1) is 0 Å². The Balaban J connectivity index is 1.72. The number of aryl methyl sites for hydroxylation is 2. The van der Waals surface area contributed by atoms with E-state index < -0.39 is 0 Å². The Morgan fingerprint density at radius 3 is 2.57 bits per heavy atom. The molecule has 0 spiro atoms. The van der Waals surface area contributed by atoms with E-state index in [9.17, 15) is 4.79 Å². The Bertz CT molecular complexity index is 1070. The molecule has 5 nitrogen and oxygen atoms in total. The minimum Gasteiger partial charge on any atom is -0.494 e. The molecule has 0 atom stereocenters. The van der Waals surface area contributed by atoms with E-state index >= 15 is 0 Å². The monoisotopic (exact) mass is 423 g/mol. The van der Waals surface area contributed by atoms with E-state index in [1.807, 2.05) is 45.0 Å². The molecule has 0 aliphatic rings. The van der Waals surface area contributed by atoms with Gasteiger partial charge in [-0.05, 0) is 75.2 Å². The summed E-state index contributed by atoms with van der Waals surface area (Å²) < 4.78 is 7.67. The van der Waals surface area contributed by atoms with Crippen LogP contribution in [0.15, 0.2) is 53.6 Å². The number of nitrogens with zero attached hydrogens (tertiary/aromatic N) is 2. The molecular weight excluding hydrogens is 398 g/mol. The molecule has 0 aliphatic carbocycles. The average molecular weight is 424 g/mol. The van der Waals surface area contributed by atoms with Crippen molar-refractivity contribution in [1.82, 2.24) is 9.99 Å². The first-order valence-corrected chi connectivity index (χ1v) is 10.3. The smallest absolute Gasteiger partial charge is 0.271 e. The highest BCUT2D eigenvalue weighted by Gasteiger charge is 2.12. The van der Waals surface area contributed by atoms with E-state index in [0.717, 1.165) is 40.4 Å². The molecule has 0 fully saturated rings. The van der Waals surface area contributed by atoms with Gasteiger partial charge in [0.05, 0.1) is 12.8 Å². The van der Waals surface area contributed by atoms with Crippen molar-refractivity contribution >= 4 is 23.7 Å². The lowest BCUT2D eigenvalue weighted by atomic mass is 10.2. The van der Waals surface area contributed by atoms with E-state index in [1.54, 1.807) is 30.5 Å². The van der Waals surface area contributed by atoms with Crippen molar-refractivity contribution in [3.8, 4) is 11.4 Å². The summed E-state index contributed by atoms with van der Waals surface area (Å²) in [6, 6.07) is 14.9. The van der Waals surface area contributed by atoms with Gasteiger partial charge in [-0.2, -0.15) is 5.10 Å². The highest BCUT2D eigenvalue weighted by atomic mass is 35.5. The Labute approximate surface area is 182 Å². The third-order valence-electron chi connectivity index (χ3n) is 4.84. The highest BCUT2D eigenvalue weighted by Crippen LogP contribution is 2.25. The van der Waals surface area contributed by atoms with Crippen molar-refractivity contribution in [2.75, 3.05) is 6.61 Å². The Morgan fingerprint density at radius 1 is 1.13 bits per heavy atom. The van der Waals surface area contributed by atoms with Crippen LogP contribution >= 0.6 is 11.6 Å². The first-order valence-electron chi connectivity index (χ1n) is 9.92. The Morgan fingerprint density at radius 2 is 1.87 bits per heavy atom. The number of rotatable bonds is 7. The highest BCUT2D eigenvalue weighted by molar-refractivity contribution is 6.30. The minimum atomic E-state index is -0.271. The molecule has 1 N–H and O–H groups in total. The summed E-state index contributed by atoms with van der Waals surface area (Å²) in [4.78, 5) is 12.3. The van der Waals surface area contributed by atoms with E-state index in [-0.39, 0.29) is 5.91 Å². The number of hydrazone groups is 1. The first kappa shape index (κ1) is 21.7. The van der Waals surface area contributed by atoms with Crippen molar-refractivity contribution in [3.05, 3.63) is 81.6 Å². The van der Waals surface area contributed by atoms with Crippen molar-refractivity contribution in [3.63, 3.8) is 0 Å². The lowest BCUT2D eigenvalue weighted by Gasteiger charge is -2.13. The number of ether oxygens (including phenoxy) is 1. The van der Waals surface area contributed by atoms with Crippen LogP contribution in [0.1, 0.15) is 46.2 Å². The summed E-state index contributed by atoms with van der Waals surface area (Å²) in [5.74, 6) is 0.480. The lowest BCUT2D eigenvalue weighted by Crippen LogP contribution is -2.17. The number of amides is 1. The number of hydrogen-bond acceptors (Lipinski definition) is 3. The van der Waals surface area contributed by atoms with E-state index in [2.05, 4.69) is 22.0 Å². The maximum Gasteiger partial charge on any atom is 0.271 e. The molecule has 2 aromatic carbocycles. The number of hydrogen-bond donors (Lipinski definition) is 1. The zero-order valence-electron chi connectivity index (χ0n) is 17.7. The summed E-state index contributed by atoms with van der Waals surface area (Å²) >= 11 is 6.19. The third-order valence-corrected chi connectivity index (χ3v) is 5.08. The average Bonchev–Trinajstić information content (AvgIpc) is 3.01. The molecule has 0 radical (unpaired) electrons. The van der Waals surface area contributed by atoms with E-state index in [4.69, 9.17) is 16.3 Å². The normalized spacial score (nSPS) is 11.1. The lowest BCUT2D eigenvalue weighted by molar-refractivity contribution is 0.0955. The van der Waals surface area contributed by atoms with Crippen LogP contribution in [0, 0.1) is 20.8 Å². The summed E-state index contributed by atoms with van der Waals surface area (Å²) in [7, 11) is 0. The number of halogens is 1. The number of carbonyl (C=O) groups is 1. The van der Waals surface area contributed by atoms with Crippen LogP contribution in [-0.2, 0) is 0 Å². The van der Waals surface area contributed by atoms with Crippen molar-refractivity contribution in [2.24, 2.45) is 5.10 Å². The summed E-state index contributed by atoms with van der Waals surface area (Å²) in [6.07, 6.45) is 2.60. The van der Waals surface area contributed by atoms with Gasteiger partial charge in [-0.25, -0.2) is 5.43 Å². The zero-order chi connectivity index (χ0) is 21.7. The number of nitrogens with one attached hydrogen (secondary N) is 1. The van der Waals surface area contributed by atoms with Gasteiger partial charge in [0.2, 0.25) is 0 Å². The van der Waals surface area contributed by atoms with Crippen molar-refractivity contribution < 1.29 is 9.53 Å². The summed E-state index contributed by atoms with van der Waals surface area (Å²) in [5.41, 5.74) is 8.28. The van der Waals surface area contributed by atoms with Gasteiger partial charge in [0, 0.05) is 33.2 Å². The van der Waals surface area contributed by atoms with Gasteiger partial charge in [0.25, 0.3) is 5.91 Å². The second-order valence-corrected chi connectivity index (χ2v) is 7.60. The number of benzene rings is 2. The van der Waals surface area contributed by atoms with Crippen molar-refractivity contribution in [2.45, 2.75) is 34.1 Å². The topological polar surface area (TPSA) is 55.6 Å². The SMILES string of the molecule is CCCOc1ccc(C(=O)N/N=C/c2cc(C)n(-c3cc(Cl)ccc3C)c2C)cc1. The predicted molar refractivity (Wildman–Crippen MR) is 122 cm³/mol. The fourth-order valence-electron chi connectivity index (χ4n) is 3.26. The van der Waals surface area contributed by atoms with Crippen LogP contribution in [0.4, 0.5) is 0 Å². The molecule has 30 heavy (non-hydrogen) atoms. The van der Waals surface area contributed by atoms with Crippen molar-refractivity contribution in [1.29, 1.82) is 0 Å². The van der Waals surface area contributed by atoms with Gasteiger partial charge in [0.15, 0.2) is 0 Å². The molecule has 0 saturated heterocycles. The molecule has 1 aromatic heterocycles.